The molecule has 0 aromatic heterocycles. The fourth-order valence-corrected chi connectivity index (χ4v) is 5.30. The van der Waals surface area contributed by atoms with Crippen molar-refractivity contribution in [3.63, 3.8) is 0 Å². The summed E-state index contributed by atoms with van der Waals surface area (Å²) in [4.78, 5) is 23.2. The van der Waals surface area contributed by atoms with Gasteiger partial charge in [-0.25, -0.2) is 0 Å². The maximum Gasteiger partial charge on any atom is 0.170 e. The smallest absolute Gasteiger partial charge is 0.170 e. The highest BCUT2D eigenvalue weighted by Gasteiger charge is 2.22. The first kappa shape index (κ1) is 25.4. The van der Waals surface area contributed by atoms with Crippen LogP contribution in [0.1, 0.15) is 119 Å². The third-order valence-electron chi connectivity index (χ3n) is 7.39. The zero-order valence-corrected chi connectivity index (χ0v) is 20.8. The van der Waals surface area contributed by atoms with Crippen LogP contribution in [-0.2, 0) is 4.79 Å². The van der Waals surface area contributed by atoms with Gasteiger partial charge in [0.25, 0.3) is 0 Å². The van der Waals surface area contributed by atoms with Crippen LogP contribution in [0, 0.1) is 5.92 Å². The summed E-state index contributed by atoms with van der Waals surface area (Å²) in [6, 6.07) is 16.7. The molecule has 2 nitrogen and oxygen atoms in total. The van der Waals surface area contributed by atoms with Gasteiger partial charge in [-0.1, -0.05) is 107 Å². The van der Waals surface area contributed by atoms with Crippen molar-refractivity contribution in [3.8, 4) is 11.1 Å². The van der Waals surface area contributed by atoms with Gasteiger partial charge in [-0.2, -0.15) is 0 Å². The second-order valence-corrected chi connectivity index (χ2v) is 10.1. The minimum atomic E-state index is -0.105. The van der Waals surface area contributed by atoms with Gasteiger partial charge in [0.05, 0.1) is 6.42 Å². The van der Waals surface area contributed by atoms with E-state index in [1.54, 1.807) is 0 Å². The monoisotopic (exact) mass is 446 g/mol. The Morgan fingerprint density at radius 2 is 1.27 bits per heavy atom. The molecule has 0 N–H and O–H groups in total. The molecule has 0 saturated heterocycles. The van der Waals surface area contributed by atoms with Crippen molar-refractivity contribution in [3.05, 3.63) is 59.7 Å². The molecule has 1 aliphatic rings. The third kappa shape index (κ3) is 8.25. The molecular formula is C31H42O2. The molecule has 0 aliphatic heterocycles. The maximum atomic E-state index is 12.0. The molecule has 0 heterocycles. The molecule has 1 saturated carbocycles. The molecule has 178 valence electrons. The summed E-state index contributed by atoms with van der Waals surface area (Å²) < 4.78 is 0. The summed E-state index contributed by atoms with van der Waals surface area (Å²) in [5.41, 5.74) is 4.37. The summed E-state index contributed by atoms with van der Waals surface area (Å²) in [6.07, 6.45) is 16.7. The number of rotatable bonds is 13. The van der Waals surface area contributed by atoms with Crippen molar-refractivity contribution in [2.45, 2.75) is 103 Å². The summed E-state index contributed by atoms with van der Waals surface area (Å²) in [6.45, 7) is 3.74. The van der Waals surface area contributed by atoms with E-state index in [1.807, 2.05) is 24.3 Å². The molecule has 1 aliphatic carbocycles. The molecule has 0 radical (unpaired) electrons. The molecular weight excluding hydrogens is 404 g/mol. The number of benzene rings is 2. The average molecular weight is 447 g/mol. The van der Waals surface area contributed by atoms with Gasteiger partial charge in [-0.15, -0.1) is 0 Å². The van der Waals surface area contributed by atoms with E-state index in [2.05, 4.69) is 31.2 Å². The van der Waals surface area contributed by atoms with Crippen LogP contribution < -0.4 is 0 Å². The Morgan fingerprint density at radius 1 is 0.727 bits per heavy atom. The van der Waals surface area contributed by atoms with Crippen LogP contribution in [0.5, 0.6) is 0 Å². The molecule has 2 heteroatoms. The van der Waals surface area contributed by atoms with Gasteiger partial charge >= 0.3 is 0 Å². The lowest BCUT2D eigenvalue weighted by Crippen LogP contribution is -2.13. The maximum absolute atomic E-state index is 12.0. The number of hydrogen-bond acceptors (Lipinski definition) is 2. The van der Waals surface area contributed by atoms with Crippen molar-refractivity contribution in [2.24, 2.45) is 5.92 Å². The van der Waals surface area contributed by atoms with E-state index in [9.17, 15) is 9.59 Å². The topological polar surface area (TPSA) is 34.1 Å². The molecule has 0 bridgehead atoms. The number of Topliss-reactive ketones (excluding diaryl/α,β-unsaturated/α-hetero) is 2. The minimum absolute atomic E-state index is 0.0185. The molecule has 2 aromatic carbocycles. The molecule has 33 heavy (non-hydrogen) atoms. The molecule has 3 rings (SSSR count). The lowest BCUT2D eigenvalue weighted by Gasteiger charge is -2.29. The molecule has 2 aromatic rings. The SMILES string of the molecule is CCCCCCCCCC1CCC(c2ccc(-c3ccc(C(=O)CC(C)=O)cc3)cc2)CC1. The highest BCUT2D eigenvalue weighted by Crippen LogP contribution is 2.38. The van der Waals surface area contributed by atoms with E-state index in [-0.39, 0.29) is 18.0 Å². The van der Waals surface area contributed by atoms with Gasteiger partial charge in [0.15, 0.2) is 5.78 Å². The summed E-state index contributed by atoms with van der Waals surface area (Å²) >= 11 is 0. The summed E-state index contributed by atoms with van der Waals surface area (Å²) in [5, 5.41) is 0. The molecule has 1 fully saturated rings. The zero-order valence-electron chi connectivity index (χ0n) is 20.8. The first-order valence-electron chi connectivity index (χ1n) is 13.3. The average Bonchev–Trinajstić information content (AvgIpc) is 2.84. The van der Waals surface area contributed by atoms with Crippen LogP contribution in [0.3, 0.4) is 0 Å². The van der Waals surface area contributed by atoms with Gasteiger partial charge in [-0.05, 0) is 61.1 Å². The van der Waals surface area contributed by atoms with Crippen molar-refractivity contribution in [2.75, 3.05) is 0 Å². The van der Waals surface area contributed by atoms with Crippen LogP contribution in [0.4, 0.5) is 0 Å². The fourth-order valence-electron chi connectivity index (χ4n) is 5.30. The lowest BCUT2D eigenvalue weighted by atomic mass is 9.77. The number of carbonyl (C=O) groups excluding carboxylic acids is 2. The van der Waals surface area contributed by atoms with E-state index in [1.165, 1.54) is 95.1 Å². The van der Waals surface area contributed by atoms with E-state index >= 15 is 0 Å². The van der Waals surface area contributed by atoms with Crippen LogP contribution in [-0.4, -0.2) is 11.6 Å². The van der Waals surface area contributed by atoms with Crippen molar-refractivity contribution in [1.82, 2.24) is 0 Å². The largest absolute Gasteiger partial charge is 0.300 e. The molecule has 0 amide bonds. The Bertz CT molecular complexity index is 855. The minimum Gasteiger partial charge on any atom is -0.300 e. The Balaban J connectivity index is 1.42. The van der Waals surface area contributed by atoms with Gasteiger partial charge < -0.3 is 0 Å². The first-order chi connectivity index (χ1) is 16.1. The lowest BCUT2D eigenvalue weighted by molar-refractivity contribution is -0.116. The Labute approximate surface area is 201 Å². The number of hydrogen-bond donors (Lipinski definition) is 0. The third-order valence-corrected chi connectivity index (χ3v) is 7.39. The normalized spacial score (nSPS) is 18.2. The van der Waals surface area contributed by atoms with Crippen molar-refractivity contribution in [1.29, 1.82) is 0 Å². The van der Waals surface area contributed by atoms with Gasteiger partial charge in [0, 0.05) is 5.56 Å². The van der Waals surface area contributed by atoms with Crippen LogP contribution in [0.15, 0.2) is 48.5 Å². The Morgan fingerprint density at radius 3 is 1.85 bits per heavy atom. The predicted molar refractivity (Wildman–Crippen MR) is 139 cm³/mol. The zero-order chi connectivity index (χ0) is 23.5. The van der Waals surface area contributed by atoms with E-state index in [0.29, 0.717) is 11.5 Å². The predicted octanol–water partition coefficient (Wildman–Crippen LogP) is 8.93. The first-order valence-corrected chi connectivity index (χ1v) is 13.3. The summed E-state index contributed by atoms with van der Waals surface area (Å²) in [5.74, 6) is 1.45. The molecule has 0 unspecified atom stereocenters. The van der Waals surface area contributed by atoms with Crippen LogP contribution in [0.25, 0.3) is 11.1 Å². The number of ketones is 2. The van der Waals surface area contributed by atoms with Crippen LogP contribution >= 0.6 is 0 Å². The second kappa shape index (κ2) is 13.5. The van der Waals surface area contributed by atoms with Gasteiger partial charge in [0.2, 0.25) is 0 Å². The van der Waals surface area contributed by atoms with Gasteiger partial charge in [0.1, 0.15) is 5.78 Å². The standard InChI is InChI=1S/C31H42O2/c1-3-4-5-6-7-8-9-10-25-11-13-26(14-12-25)27-15-17-28(18-16-27)29-19-21-30(22-20-29)31(33)23-24(2)32/h15-22,25-26H,3-14,23H2,1-2H3. The second-order valence-electron chi connectivity index (χ2n) is 10.1. The Kier molecular flexibility index (Phi) is 10.4. The Hall–Kier alpha value is -2.22. The highest BCUT2D eigenvalue weighted by molar-refractivity contribution is 6.07. The fraction of sp³-hybridized carbons (Fsp3) is 0.548. The van der Waals surface area contributed by atoms with Crippen LogP contribution in [0.2, 0.25) is 0 Å². The quantitative estimate of drug-likeness (QED) is 0.175. The molecule has 0 spiro atoms. The van der Waals surface area contributed by atoms with Crippen molar-refractivity contribution >= 4 is 11.6 Å². The van der Waals surface area contributed by atoms with Crippen molar-refractivity contribution < 1.29 is 9.59 Å². The number of carbonyl (C=O) groups is 2. The van der Waals surface area contributed by atoms with E-state index < -0.39 is 0 Å². The summed E-state index contributed by atoms with van der Waals surface area (Å²) in [7, 11) is 0. The number of unbranched alkanes of at least 4 members (excludes halogenated alkanes) is 6. The van der Waals surface area contributed by atoms with E-state index in [0.717, 1.165) is 11.5 Å². The molecule has 0 atom stereocenters. The van der Waals surface area contributed by atoms with Gasteiger partial charge in [-0.3, -0.25) is 9.59 Å². The van der Waals surface area contributed by atoms with E-state index in [4.69, 9.17) is 0 Å². The highest BCUT2D eigenvalue weighted by atomic mass is 16.1.